The Balaban J connectivity index is 1.13. The van der Waals surface area contributed by atoms with E-state index in [0.717, 1.165) is 55.8 Å². The van der Waals surface area contributed by atoms with Crippen molar-refractivity contribution in [1.29, 1.82) is 0 Å². The van der Waals surface area contributed by atoms with Crippen molar-refractivity contribution in [2.75, 3.05) is 37.6 Å². The standard InChI is InChI=1S/C23H28N6OS/c30-21(24-11-6-12-27-16-10-18-7-1-2-8-19(18)17-27)20-9-5-15-29(20)23-26-25-22(31-23)28-13-3-4-14-28/h1-2,5,7-9,15H,3-4,6,10-14,16-17H2,(H,24,30). The highest BCUT2D eigenvalue weighted by molar-refractivity contribution is 7.17. The van der Waals surface area contributed by atoms with Crippen LogP contribution in [0.25, 0.3) is 5.13 Å². The fraction of sp³-hybridized carbons (Fsp3) is 0.435. The van der Waals surface area contributed by atoms with Crippen molar-refractivity contribution in [3.05, 3.63) is 59.4 Å². The highest BCUT2D eigenvalue weighted by Gasteiger charge is 2.20. The zero-order chi connectivity index (χ0) is 21.0. The monoisotopic (exact) mass is 436 g/mol. The van der Waals surface area contributed by atoms with Crippen LogP contribution in [0.5, 0.6) is 0 Å². The van der Waals surface area contributed by atoms with E-state index in [9.17, 15) is 4.79 Å². The van der Waals surface area contributed by atoms with Crippen LogP contribution in [-0.4, -0.2) is 58.3 Å². The number of hydrogen-bond acceptors (Lipinski definition) is 6. The summed E-state index contributed by atoms with van der Waals surface area (Å²) in [6.45, 7) is 5.82. The van der Waals surface area contributed by atoms with E-state index in [1.165, 1.54) is 24.0 Å². The molecule has 2 aliphatic heterocycles. The van der Waals surface area contributed by atoms with Gasteiger partial charge >= 0.3 is 0 Å². The Kier molecular flexibility index (Phi) is 5.99. The maximum atomic E-state index is 12.8. The van der Waals surface area contributed by atoms with Gasteiger partial charge in [-0.1, -0.05) is 35.6 Å². The second-order valence-electron chi connectivity index (χ2n) is 8.23. The summed E-state index contributed by atoms with van der Waals surface area (Å²) in [6.07, 6.45) is 6.34. The Morgan fingerprint density at radius 1 is 1.00 bits per heavy atom. The van der Waals surface area contributed by atoms with Gasteiger partial charge in [0.05, 0.1) is 0 Å². The van der Waals surface area contributed by atoms with Crippen molar-refractivity contribution in [3.8, 4) is 5.13 Å². The van der Waals surface area contributed by atoms with E-state index in [4.69, 9.17) is 0 Å². The second kappa shape index (κ2) is 9.20. The van der Waals surface area contributed by atoms with E-state index in [2.05, 4.69) is 49.6 Å². The Labute approximate surface area is 186 Å². The van der Waals surface area contributed by atoms with Crippen LogP contribution in [0.2, 0.25) is 0 Å². The average Bonchev–Trinajstić information content (AvgIpc) is 3.56. The predicted molar refractivity (Wildman–Crippen MR) is 123 cm³/mol. The van der Waals surface area contributed by atoms with Gasteiger partial charge in [0.1, 0.15) is 5.69 Å². The lowest BCUT2D eigenvalue weighted by molar-refractivity contribution is 0.0944. The van der Waals surface area contributed by atoms with Crippen LogP contribution in [0.1, 0.15) is 40.9 Å². The van der Waals surface area contributed by atoms with Gasteiger partial charge in [-0.05, 0) is 48.9 Å². The zero-order valence-corrected chi connectivity index (χ0v) is 18.5. The summed E-state index contributed by atoms with van der Waals surface area (Å²) in [6, 6.07) is 12.4. The molecule has 162 valence electrons. The van der Waals surface area contributed by atoms with Gasteiger partial charge in [0.25, 0.3) is 5.91 Å². The van der Waals surface area contributed by atoms with E-state index in [0.29, 0.717) is 12.2 Å². The lowest BCUT2D eigenvalue weighted by Gasteiger charge is -2.28. The maximum Gasteiger partial charge on any atom is 0.268 e. The van der Waals surface area contributed by atoms with Crippen molar-refractivity contribution in [2.24, 2.45) is 0 Å². The number of fused-ring (bicyclic) bond motifs is 1. The summed E-state index contributed by atoms with van der Waals surface area (Å²) in [7, 11) is 0. The first-order valence-electron chi connectivity index (χ1n) is 11.1. The Morgan fingerprint density at radius 2 is 1.81 bits per heavy atom. The van der Waals surface area contributed by atoms with Crippen molar-refractivity contribution in [2.45, 2.75) is 32.2 Å². The molecule has 1 saturated heterocycles. The van der Waals surface area contributed by atoms with Crippen LogP contribution >= 0.6 is 11.3 Å². The highest BCUT2D eigenvalue weighted by atomic mass is 32.1. The third-order valence-electron chi connectivity index (χ3n) is 6.11. The van der Waals surface area contributed by atoms with Crippen molar-refractivity contribution < 1.29 is 4.79 Å². The SMILES string of the molecule is O=C(NCCCN1CCc2ccccc2C1)c1cccn1-c1nnc(N2CCCC2)s1. The topological polar surface area (TPSA) is 66.3 Å². The number of nitrogens with one attached hydrogen (secondary N) is 1. The summed E-state index contributed by atoms with van der Waals surface area (Å²) in [5.74, 6) is -0.0630. The Hall–Kier alpha value is -2.71. The normalized spacial score (nSPS) is 16.5. The fourth-order valence-electron chi connectivity index (χ4n) is 4.41. The highest BCUT2D eigenvalue weighted by Crippen LogP contribution is 2.27. The van der Waals surface area contributed by atoms with Crippen LogP contribution < -0.4 is 10.2 Å². The first-order chi connectivity index (χ1) is 15.3. The molecular weight excluding hydrogens is 408 g/mol. The van der Waals surface area contributed by atoms with Gasteiger partial charge in [0.15, 0.2) is 0 Å². The quantitative estimate of drug-likeness (QED) is 0.577. The molecular formula is C23H28N6OS. The number of hydrogen-bond donors (Lipinski definition) is 1. The van der Waals surface area contributed by atoms with Crippen molar-refractivity contribution >= 4 is 22.4 Å². The molecule has 0 unspecified atom stereocenters. The van der Waals surface area contributed by atoms with Gasteiger partial charge in [-0.2, -0.15) is 0 Å². The minimum atomic E-state index is -0.0630. The minimum absolute atomic E-state index is 0.0630. The second-order valence-corrected chi connectivity index (χ2v) is 9.16. The van der Waals surface area contributed by atoms with Gasteiger partial charge in [0, 0.05) is 45.5 Å². The number of carbonyl (C=O) groups is 1. The molecule has 4 heterocycles. The van der Waals surface area contributed by atoms with E-state index in [1.807, 2.05) is 22.9 Å². The van der Waals surface area contributed by atoms with Gasteiger partial charge in [-0.25, -0.2) is 0 Å². The Bertz CT molecular complexity index is 1040. The van der Waals surface area contributed by atoms with E-state index in [1.54, 1.807) is 11.3 Å². The van der Waals surface area contributed by atoms with Crippen LogP contribution in [-0.2, 0) is 13.0 Å². The largest absolute Gasteiger partial charge is 0.351 e. The van der Waals surface area contributed by atoms with Gasteiger partial charge in [-0.15, -0.1) is 10.2 Å². The average molecular weight is 437 g/mol. The first-order valence-corrected chi connectivity index (χ1v) is 11.9. The molecule has 7 nitrogen and oxygen atoms in total. The maximum absolute atomic E-state index is 12.8. The summed E-state index contributed by atoms with van der Waals surface area (Å²) in [5.41, 5.74) is 3.51. The molecule has 1 N–H and O–H groups in total. The smallest absolute Gasteiger partial charge is 0.268 e. The number of anilines is 1. The number of amides is 1. The molecule has 3 aromatic rings. The summed E-state index contributed by atoms with van der Waals surface area (Å²) >= 11 is 1.54. The van der Waals surface area contributed by atoms with Crippen LogP contribution in [0.4, 0.5) is 5.13 Å². The molecule has 31 heavy (non-hydrogen) atoms. The molecule has 1 fully saturated rings. The summed E-state index contributed by atoms with van der Waals surface area (Å²) < 4.78 is 1.84. The molecule has 2 aliphatic rings. The summed E-state index contributed by atoms with van der Waals surface area (Å²) in [5, 5.41) is 13.4. The van der Waals surface area contributed by atoms with E-state index >= 15 is 0 Å². The lowest BCUT2D eigenvalue weighted by atomic mass is 10.00. The molecule has 0 bridgehead atoms. The molecule has 0 radical (unpaired) electrons. The van der Waals surface area contributed by atoms with Crippen molar-refractivity contribution in [1.82, 2.24) is 25.0 Å². The zero-order valence-electron chi connectivity index (χ0n) is 17.7. The molecule has 0 saturated carbocycles. The third kappa shape index (κ3) is 4.50. The van der Waals surface area contributed by atoms with Crippen LogP contribution in [0, 0.1) is 0 Å². The number of aromatic nitrogens is 3. The van der Waals surface area contributed by atoms with Gasteiger partial charge in [-0.3, -0.25) is 14.3 Å². The van der Waals surface area contributed by atoms with Gasteiger partial charge < -0.3 is 10.2 Å². The van der Waals surface area contributed by atoms with Gasteiger partial charge in [0.2, 0.25) is 10.3 Å². The predicted octanol–water partition coefficient (Wildman–Crippen LogP) is 3.11. The molecule has 8 heteroatoms. The molecule has 0 spiro atoms. The fourth-order valence-corrected chi connectivity index (χ4v) is 5.31. The third-order valence-corrected chi connectivity index (χ3v) is 7.10. The van der Waals surface area contributed by atoms with Crippen LogP contribution in [0.3, 0.4) is 0 Å². The Morgan fingerprint density at radius 3 is 2.68 bits per heavy atom. The molecule has 2 aromatic heterocycles. The first kappa shape index (κ1) is 20.2. The molecule has 5 rings (SSSR count). The van der Waals surface area contributed by atoms with Crippen molar-refractivity contribution in [3.63, 3.8) is 0 Å². The number of rotatable bonds is 7. The summed E-state index contributed by atoms with van der Waals surface area (Å²) in [4.78, 5) is 17.5. The molecule has 0 aliphatic carbocycles. The number of carbonyl (C=O) groups excluding carboxylic acids is 1. The van der Waals surface area contributed by atoms with E-state index in [-0.39, 0.29) is 5.91 Å². The number of benzene rings is 1. The minimum Gasteiger partial charge on any atom is -0.351 e. The van der Waals surface area contributed by atoms with E-state index < -0.39 is 0 Å². The molecule has 0 atom stereocenters. The molecule has 1 amide bonds. The number of nitrogens with zero attached hydrogens (tertiary/aromatic N) is 5. The van der Waals surface area contributed by atoms with Crippen LogP contribution in [0.15, 0.2) is 42.6 Å². The molecule has 1 aromatic carbocycles. The lowest BCUT2D eigenvalue weighted by Crippen LogP contribution is -2.34.